The fourth-order valence-corrected chi connectivity index (χ4v) is 4.29. The number of rotatable bonds is 4. The number of carbonyl (C=O) groups is 2. The quantitative estimate of drug-likeness (QED) is 0.480. The predicted octanol–water partition coefficient (Wildman–Crippen LogP) is 5.32. The van der Waals surface area contributed by atoms with Crippen molar-refractivity contribution in [2.75, 3.05) is 18.6 Å². The van der Waals surface area contributed by atoms with Crippen LogP contribution in [0, 0.1) is 0 Å². The first-order chi connectivity index (χ1) is 15.5. The van der Waals surface area contributed by atoms with E-state index in [0.29, 0.717) is 10.9 Å². The van der Waals surface area contributed by atoms with Crippen LogP contribution in [0.3, 0.4) is 0 Å². The monoisotopic (exact) mass is 424 g/mol. The van der Waals surface area contributed by atoms with Crippen molar-refractivity contribution in [3.8, 4) is 11.1 Å². The molecule has 0 spiro atoms. The van der Waals surface area contributed by atoms with Gasteiger partial charge in [-0.25, -0.2) is 14.6 Å². The third kappa shape index (κ3) is 3.26. The minimum absolute atomic E-state index is 0.0566. The zero-order valence-corrected chi connectivity index (χ0v) is 17.4. The number of anilines is 1. The van der Waals surface area contributed by atoms with Crippen LogP contribution in [0.4, 0.5) is 10.6 Å². The molecule has 6 nitrogen and oxygen atoms in total. The van der Waals surface area contributed by atoms with Gasteiger partial charge in [-0.3, -0.25) is 4.90 Å². The Bertz CT molecular complexity index is 1320. The number of benzene rings is 3. The number of hydrogen-bond donors (Lipinski definition) is 1. The van der Waals surface area contributed by atoms with E-state index in [2.05, 4.69) is 29.2 Å². The van der Waals surface area contributed by atoms with Gasteiger partial charge in [-0.2, -0.15) is 0 Å². The maximum absolute atomic E-state index is 12.9. The maximum atomic E-state index is 12.9. The standard InChI is InChI=1S/C26H20N2O4/c1-28(24-14-21(25(29)30)20-12-6-7-13-23(20)27-24)26(31)32-15-22-18-10-4-2-8-16(18)17-9-3-5-11-19(17)22/h2-14,22H,15H2,1H3,(H,29,30). The van der Waals surface area contributed by atoms with Gasteiger partial charge in [-0.05, 0) is 34.4 Å². The van der Waals surface area contributed by atoms with E-state index in [-0.39, 0.29) is 23.9 Å². The maximum Gasteiger partial charge on any atom is 0.415 e. The van der Waals surface area contributed by atoms with Crippen molar-refractivity contribution in [2.24, 2.45) is 0 Å². The molecule has 1 N–H and O–H groups in total. The molecular formula is C26H20N2O4. The number of aromatic nitrogens is 1. The van der Waals surface area contributed by atoms with Gasteiger partial charge in [0.15, 0.2) is 0 Å². The van der Waals surface area contributed by atoms with Crippen LogP contribution in [0.1, 0.15) is 27.4 Å². The number of amides is 1. The molecule has 6 heteroatoms. The lowest BCUT2D eigenvalue weighted by Gasteiger charge is -2.20. The number of para-hydroxylation sites is 1. The molecule has 4 aromatic rings. The van der Waals surface area contributed by atoms with Crippen LogP contribution in [-0.4, -0.2) is 35.8 Å². The second-order valence-corrected chi connectivity index (χ2v) is 7.71. The average Bonchev–Trinajstić information content (AvgIpc) is 3.15. The molecule has 0 atom stereocenters. The molecule has 0 fully saturated rings. The Morgan fingerprint density at radius 3 is 2.19 bits per heavy atom. The van der Waals surface area contributed by atoms with E-state index >= 15 is 0 Å². The molecule has 0 bridgehead atoms. The smallest absolute Gasteiger partial charge is 0.415 e. The van der Waals surface area contributed by atoms with Crippen LogP contribution in [0.15, 0.2) is 78.9 Å². The van der Waals surface area contributed by atoms with E-state index in [9.17, 15) is 14.7 Å². The topological polar surface area (TPSA) is 79.7 Å². The number of carbonyl (C=O) groups excluding carboxylic acids is 1. The highest BCUT2D eigenvalue weighted by atomic mass is 16.6. The number of hydrogen-bond acceptors (Lipinski definition) is 4. The van der Waals surface area contributed by atoms with Crippen molar-refractivity contribution >= 4 is 28.8 Å². The van der Waals surface area contributed by atoms with Gasteiger partial charge in [0, 0.05) is 18.4 Å². The number of nitrogens with zero attached hydrogens (tertiary/aromatic N) is 2. The normalized spacial score (nSPS) is 12.3. The van der Waals surface area contributed by atoms with Gasteiger partial charge in [0.2, 0.25) is 0 Å². The van der Waals surface area contributed by atoms with E-state index in [4.69, 9.17) is 4.74 Å². The van der Waals surface area contributed by atoms with Gasteiger partial charge in [0.1, 0.15) is 12.4 Å². The molecule has 1 aliphatic carbocycles. The van der Waals surface area contributed by atoms with Crippen molar-refractivity contribution < 1.29 is 19.4 Å². The number of ether oxygens (including phenoxy) is 1. The summed E-state index contributed by atoms with van der Waals surface area (Å²) in [5.74, 6) is -0.914. The van der Waals surface area contributed by atoms with Crippen molar-refractivity contribution in [1.29, 1.82) is 0 Å². The van der Waals surface area contributed by atoms with Crippen LogP contribution in [0.5, 0.6) is 0 Å². The Morgan fingerprint density at radius 1 is 0.938 bits per heavy atom. The molecule has 1 aliphatic rings. The van der Waals surface area contributed by atoms with E-state index in [1.807, 2.05) is 24.3 Å². The minimum Gasteiger partial charge on any atom is -0.478 e. The molecule has 0 radical (unpaired) electrons. The Morgan fingerprint density at radius 2 is 1.53 bits per heavy atom. The summed E-state index contributed by atoms with van der Waals surface area (Å²) in [6, 6.07) is 24.6. The van der Waals surface area contributed by atoms with E-state index in [1.54, 1.807) is 24.3 Å². The summed E-state index contributed by atoms with van der Waals surface area (Å²) in [6.07, 6.45) is -0.592. The molecule has 0 saturated carbocycles. The highest BCUT2D eigenvalue weighted by Gasteiger charge is 2.29. The first-order valence-electron chi connectivity index (χ1n) is 10.3. The van der Waals surface area contributed by atoms with Gasteiger partial charge >= 0.3 is 12.1 Å². The fourth-order valence-electron chi connectivity index (χ4n) is 4.29. The summed E-state index contributed by atoms with van der Waals surface area (Å²) in [5, 5.41) is 10.1. The summed E-state index contributed by atoms with van der Waals surface area (Å²) < 4.78 is 5.67. The number of pyridine rings is 1. The molecular weight excluding hydrogens is 404 g/mol. The number of carboxylic acid groups (broad SMARTS) is 1. The molecule has 0 saturated heterocycles. The van der Waals surface area contributed by atoms with Crippen molar-refractivity contribution in [1.82, 2.24) is 4.98 Å². The highest BCUT2D eigenvalue weighted by Crippen LogP contribution is 2.44. The molecule has 0 aliphatic heterocycles. The average molecular weight is 424 g/mol. The Kier molecular flexibility index (Phi) is 4.82. The molecule has 32 heavy (non-hydrogen) atoms. The fraction of sp³-hybridized carbons (Fsp3) is 0.115. The zero-order chi connectivity index (χ0) is 22.2. The molecule has 3 aromatic carbocycles. The van der Waals surface area contributed by atoms with Crippen LogP contribution >= 0.6 is 0 Å². The van der Waals surface area contributed by atoms with Gasteiger partial charge in [0.05, 0.1) is 11.1 Å². The first kappa shape index (κ1) is 19.8. The summed E-state index contributed by atoms with van der Waals surface area (Å²) in [4.78, 5) is 30.3. The summed E-state index contributed by atoms with van der Waals surface area (Å²) in [6.45, 7) is 0.177. The zero-order valence-electron chi connectivity index (χ0n) is 17.4. The van der Waals surface area contributed by atoms with Crippen LogP contribution < -0.4 is 4.90 Å². The second kappa shape index (κ2) is 7.81. The second-order valence-electron chi connectivity index (χ2n) is 7.71. The van der Waals surface area contributed by atoms with E-state index in [0.717, 1.165) is 22.3 Å². The largest absolute Gasteiger partial charge is 0.478 e. The molecule has 1 aromatic heterocycles. The lowest BCUT2D eigenvalue weighted by atomic mass is 9.98. The molecule has 1 amide bonds. The van der Waals surface area contributed by atoms with E-state index < -0.39 is 12.1 Å². The first-order valence-corrected chi connectivity index (χ1v) is 10.3. The third-order valence-corrected chi connectivity index (χ3v) is 5.89. The third-order valence-electron chi connectivity index (χ3n) is 5.89. The van der Waals surface area contributed by atoms with Crippen molar-refractivity contribution in [2.45, 2.75) is 5.92 Å². The van der Waals surface area contributed by atoms with Crippen molar-refractivity contribution in [3.63, 3.8) is 0 Å². The Hall–Kier alpha value is -4.19. The lowest BCUT2D eigenvalue weighted by Crippen LogP contribution is -2.29. The Balaban J connectivity index is 1.40. The number of aromatic carboxylic acids is 1. The lowest BCUT2D eigenvalue weighted by molar-refractivity contribution is 0.0698. The highest BCUT2D eigenvalue weighted by molar-refractivity contribution is 6.04. The number of carboxylic acids is 1. The summed E-state index contributed by atoms with van der Waals surface area (Å²) in [5.41, 5.74) is 5.14. The van der Waals surface area contributed by atoms with Gasteiger partial charge < -0.3 is 9.84 Å². The molecule has 158 valence electrons. The van der Waals surface area contributed by atoms with Crippen LogP contribution in [0.25, 0.3) is 22.0 Å². The summed E-state index contributed by atoms with van der Waals surface area (Å²) in [7, 11) is 1.53. The molecule has 5 rings (SSSR count). The van der Waals surface area contributed by atoms with Crippen LogP contribution in [0.2, 0.25) is 0 Å². The van der Waals surface area contributed by atoms with Gasteiger partial charge in [0.25, 0.3) is 0 Å². The van der Waals surface area contributed by atoms with Crippen LogP contribution in [-0.2, 0) is 4.74 Å². The van der Waals surface area contributed by atoms with Gasteiger partial charge in [-0.15, -0.1) is 0 Å². The van der Waals surface area contributed by atoms with Gasteiger partial charge in [-0.1, -0.05) is 66.7 Å². The molecule has 0 unspecified atom stereocenters. The summed E-state index contributed by atoms with van der Waals surface area (Å²) >= 11 is 0. The van der Waals surface area contributed by atoms with E-state index in [1.165, 1.54) is 18.0 Å². The van der Waals surface area contributed by atoms with Crippen molar-refractivity contribution in [3.05, 3.63) is 95.6 Å². The molecule has 1 heterocycles. The Labute approximate surface area is 184 Å². The number of fused-ring (bicyclic) bond motifs is 4. The minimum atomic E-state index is -1.08. The SMILES string of the molecule is CN(C(=O)OCC1c2ccccc2-c2ccccc21)c1cc(C(=O)O)c2ccccc2n1. The predicted molar refractivity (Wildman–Crippen MR) is 122 cm³/mol.